The number of carboxylic acids is 1. The van der Waals surface area contributed by atoms with Crippen LogP contribution >= 0.6 is 11.3 Å². The molecule has 0 bridgehead atoms. The lowest BCUT2D eigenvalue weighted by atomic mass is 10.2. The van der Waals surface area contributed by atoms with Gasteiger partial charge in [-0.2, -0.15) is 0 Å². The Morgan fingerprint density at radius 3 is 2.67 bits per heavy atom. The Bertz CT molecular complexity index is 1080. The van der Waals surface area contributed by atoms with E-state index in [4.69, 9.17) is 0 Å². The molecule has 0 spiro atoms. The standard InChI is InChI=1S/C16H15FN6O3S/c1-21-2-4-22(5-3-21)14-11(17)6-9-12(24)10(15(25)26)7-23(13(9)19-14)16-20-18-8-27-16/h6-8H,2-5H2,1H3,(H,25,26). The van der Waals surface area contributed by atoms with Crippen molar-refractivity contribution in [2.45, 2.75) is 0 Å². The molecule has 0 aliphatic carbocycles. The molecule has 0 unspecified atom stereocenters. The second-order valence-corrected chi connectivity index (χ2v) is 7.04. The maximum atomic E-state index is 14.7. The molecule has 1 fully saturated rings. The molecule has 140 valence electrons. The lowest BCUT2D eigenvalue weighted by molar-refractivity contribution is 0.0695. The fourth-order valence-corrected chi connectivity index (χ4v) is 3.56. The predicted molar refractivity (Wildman–Crippen MR) is 97.4 cm³/mol. The molecule has 0 radical (unpaired) electrons. The van der Waals surface area contributed by atoms with E-state index in [1.807, 2.05) is 11.9 Å². The molecule has 1 aliphatic heterocycles. The largest absolute Gasteiger partial charge is 0.477 e. The van der Waals surface area contributed by atoms with Gasteiger partial charge >= 0.3 is 5.97 Å². The predicted octanol–water partition coefficient (Wildman–Crippen LogP) is 0.826. The summed E-state index contributed by atoms with van der Waals surface area (Å²) >= 11 is 1.15. The van der Waals surface area contributed by atoms with Gasteiger partial charge in [0.1, 0.15) is 11.1 Å². The van der Waals surface area contributed by atoms with Crippen LogP contribution in [0.5, 0.6) is 0 Å². The molecule has 4 rings (SSSR count). The van der Waals surface area contributed by atoms with Gasteiger partial charge in [-0.05, 0) is 13.1 Å². The molecule has 0 aromatic carbocycles. The lowest BCUT2D eigenvalue weighted by Gasteiger charge is -2.33. The summed E-state index contributed by atoms with van der Waals surface area (Å²) in [5.74, 6) is -1.92. The molecule has 0 atom stereocenters. The number of pyridine rings is 2. The molecule has 27 heavy (non-hydrogen) atoms. The van der Waals surface area contributed by atoms with E-state index in [0.29, 0.717) is 18.2 Å². The molecule has 3 aromatic rings. The van der Waals surface area contributed by atoms with E-state index in [-0.39, 0.29) is 16.9 Å². The number of halogens is 1. The average Bonchev–Trinajstić information content (AvgIpc) is 3.17. The molecule has 1 N–H and O–H groups in total. The van der Waals surface area contributed by atoms with E-state index in [1.165, 1.54) is 10.1 Å². The van der Waals surface area contributed by atoms with Crippen LogP contribution in [0.15, 0.2) is 22.6 Å². The van der Waals surface area contributed by atoms with Gasteiger partial charge in [0.25, 0.3) is 0 Å². The van der Waals surface area contributed by atoms with Gasteiger partial charge in [0.2, 0.25) is 10.6 Å². The number of hydrogen-bond donors (Lipinski definition) is 1. The number of anilines is 1. The molecule has 11 heteroatoms. The molecular weight excluding hydrogens is 375 g/mol. The second kappa shape index (κ2) is 6.67. The van der Waals surface area contributed by atoms with E-state index in [2.05, 4.69) is 20.1 Å². The number of likely N-dealkylation sites (N-methyl/N-ethyl adjacent to an activating group) is 1. The Kier molecular flexibility index (Phi) is 4.32. The topological polar surface area (TPSA) is 104 Å². The number of hydrogen-bond acceptors (Lipinski definition) is 8. The van der Waals surface area contributed by atoms with E-state index in [1.54, 1.807) is 0 Å². The summed E-state index contributed by atoms with van der Waals surface area (Å²) in [6, 6.07) is 1.06. The van der Waals surface area contributed by atoms with Gasteiger partial charge in [0.05, 0.1) is 5.39 Å². The maximum absolute atomic E-state index is 14.7. The van der Waals surface area contributed by atoms with Crippen molar-refractivity contribution in [3.05, 3.63) is 39.4 Å². The fraction of sp³-hybridized carbons (Fsp3) is 0.312. The summed E-state index contributed by atoms with van der Waals surface area (Å²) in [7, 11) is 1.99. The Balaban J connectivity index is 1.96. The van der Waals surface area contributed by atoms with Crippen LogP contribution in [0.4, 0.5) is 10.2 Å². The molecule has 1 aliphatic rings. The number of carboxylic acid groups (broad SMARTS) is 1. The minimum atomic E-state index is -1.40. The number of fused-ring (bicyclic) bond motifs is 1. The Morgan fingerprint density at radius 1 is 1.30 bits per heavy atom. The van der Waals surface area contributed by atoms with Crippen molar-refractivity contribution < 1.29 is 14.3 Å². The van der Waals surface area contributed by atoms with Crippen molar-refractivity contribution in [2.24, 2.45) is 0 Å². The van der Waals surface area contributed by atoms with Crippen molar-refractivity contribution in [1.82, 2.24) is 24.6 Å². The van der Waals surface area contributed by atoms with Gasteiger partial charge in [-0.1, -0.05) is 11.3 Å². The zero-order valence-electron chi connectivity index (χ0n) is 14.3. The quantitative estimate of drug-likeness (QED) is 0.701. The van der Waals surface area contributed by atoms with Crippen LogP contribution in [0, 0.1) is 5.82 Å². The highest BCUT2D eigenvalue weighted by Gasteiger charge is 2.23. The van der Waals surface area contributed by atoms with Crippen molar-refractivity contribution in [1.29, 1.82) is 0 Å². The molecule has 0 amide bonds. The van der Waals surface area contributed by atoms with Gasteiger partial charge in [0, 0.05) is 32.4 Å². The maximum Gasteiger partial charge on any atom is 0.341 e. The summed E-state index contributed by atoms with van der Waals surface area (Å²) in [5, 5.41) is 17.2. The number of aromatic carboxylic acids is 1. The Labute approximate surface area is 156 Å². The highest BCUT2D eigenvalue weighted by molar-refractivity contribution is 7.11. The van der Waals surface area contributed by atoms with E-state index >= 15 is 0 Å². The summed E-state index contributed by atoms with van der Waals surface area (Å²) in [6.07, 6.45) is 1.16. The Morgan fingerprint density at radius 2 is 2.04 bits per heavy atom. The Hall–Kier alpha value is -2.92. The molecule has 3 aromatic heterocycles. The highest BCUT2D eigenvalue weighted by atomic mass is 32.1. The van der Waals surface area contributed by atoms with Crippen molar-refractivity contribution in [3.8, 4) is 5.13 Å². The first-order chi connectivity index (χ1) is 13.0. The van der Waals surface area contributed by atoms with Crippen molar-refractivity contribution >= 4 is 34.2 Å². The molecule has 1 saturated heterocycles. The monoisotopic (exact) mass is 390 g/mol. The number of nitrogens with zero attached hydrogens (tertiary/aromatic N) is 6. The smallest absolute Gasteiger partial charge is 0.341 e. The molecule has 4 heterocycles. The van der Waals surface area contributed by atoms with Crippen LogP contribution in [0.3, 0.4) is 0 Å². The molecule has 0 saturated carbocycles. The van der Waals surface area contributed by atoms with Crippen LogP contribution in [-0.2, 0) is 0 Å². The van der Waals surface area contributed by atoms with Gasteiger partial charge in [0.15, 0.2) is 17.3 Å². The third kappa shape index (κ3) is 3.04. The van der Waals surface area contributed by atoms with E-state index < -0.39 is 22.8 Å². The summed E-state index contributed by atoms with van der Waals surface area (Å²) in [4.78, 5) is 32.3. The normalized spacial score (nSPS) is 15.4. The first-order valence-electron chi connectivity index (χ1n) is 8.15. The zero-order valence-corrected chi connectivity index (χ0v) is 15.1. The minimum absolute atomic E-state index is 0.111. The van der Waals surface area contributed by atoms with Crippen molar-refractivity contribution in [3.63, 3.8) is 0 Å². The summed E-state index contributed by atoms with van der Waals surface area (Å²) in [6.45, 7) is 2.73. The van der Waals surface area contributed by atoms with E-state index in [9.17, 15) is 19.1 Å². The molecule has 9 nitrogen and oxygen atoms in total. The van der Waals surface area contributed by atoms with Crippen LogP contribution in [0.1, 0.15) is 10.4 Å². The zero-order chi connectivity index (χ0) is 19.1. The number of rotatable bonds is 3. The van der Waals surface area contributed by atoms with Gasteiger partial charge in [-0.3, -0.25) is 9.36 Å². The number of carbonyl (C=O) groups is 1. The number of piperazine rings is 1. The summed E-state index contributed by atoms with van der Waals surface area (Å²) in [5.41, 5.74) is 0.364. The van der Waals surface area contributed by atoms with Crippen molar-refractivity contribution in [2.75, 3.05) is 38.1 Å². The van der Waals surface area contributed by atoms with Crippen LogP contribution < -0.4 is 10.3 Å². The third-order valence-electron chi connectivity index (χ3n) is 4.50. The van der Waals surface area contributed by atoms with E-state index in [0.717, 1.165) is 36.7 Å². The first-order valence-corrected chi connectivity index (χ1v) is 9.03. The van der Waals surface area contributed by atoms with Gasteiger partial charge < -0.3 is 14.9 Å². The molecular formula is C16H15FN6O3S. The van der Waals surface area contributed by atoms with Gasteiger partial charge in [-0.15, -0.1) is 10.2 Å². The van der Waals surface area contributed by atoms with Crippen LogP contribution in [-0.4, -0.2) is 69.0 Å². The first kappa shape index (κ1) is 17.5. The van der Waals surface area contributed by atoms with Crippen LogP contribution in [0.25, 0.3) is 16.2 Å². The average molecular weight is 390 g/mol. The SMILES string of the molecule is CN1CCN(c2nc3c(cc2F)c(=O)c(C(=O)O)cn3-c2nncs2)CC1. The fourth-order valence-electron chi connectivity index (χ4n) is 3.02. The van der Waals surface area contributed by atoms with Crippen LogP contribution in [0.2, 0.25) is 0 Å². The lowest BCUT2D eigenvalue weighted by Crippen LogP contribution is -2.45. The minimum Gasteiger partial charge on any atom is -0.477 e. The van der Waals surface area contributed by atoms with Gasteiger partial charge in [-0.25, -0.2) is 14.2 Å². The summed E-state index contributed by atoms with van der Waals surface area (Å²) < 4.78 is 16.1. The number of aromatic nitrogens is 4. The highest BCUT2D eigenvalue weighted by Crippen LogP contribution is 2.24. The third-order valence-corrected chi connectivity index (χ3v) is 5.19. The second-order valence-electron chi connectivity index (χ2n) is 6.22.